The van der Waals surface area contributed by atoms with E-state index in [1.165, 1.54) is 0 Å². The molecule has 4 N–H and O–H groups in total. The van der Waals surface area contributed by atoms with Crippen molar-refractivity contribution < 1.29 is 29.9 Å². The first kappa shape index (κ1) is 13.4. The molecule has 3 aliphatic carbocycles. The summed E-state index contributed by atoms with van der Waals surface area (Å²) in [5.74, 6) is -0.221. The summed E-state index contributed by atoms with van der Waals surface area (Å²) in [6.45, 7) is 2.13. The van der Waals surface area contributed by atoms with Crippen molar-refractivity contribution >= 4 is 0 Å². The second kappa shape index (κ2) is 3.94. The van der Waals surface area contributed by atoms with Gasteiger partial charge in [0.2, 0.25) is 0 Å². The summed E-state index contributed by atoms with van der Waals surface area (Å²) in [5.41, 5.74) is -0.107. The summed E-state index contributed by atoms with van der Waals surface area (Å²) in [6, 6.07) is 0. The Morgan fingerprint density at radius 1 is 0.850 bits per heavy atom. The molecule has 114 valence electrons. The molecule has 0 aromatic rings. The molecule has 0 aromatic carbocycles. The van der Waals surface area contributed by atoms with E-state index in [-0.39, 0.29) is 5.41 Å². The highest BCUT2D eigenvalue weighted by Gasteiger charge is 2.69. The molecule has 6 nitrogen and oxygen atoms in total. The lowest BCUT2D eigenvalue weighted by Gasteiger charge is -2.40. The maximum absolute atomic E-state index is 10.1. The lowest BCUT2D eigenvalue weighted by Crippen LogP contribution is -2.62. The summed E-state index contributed by atoms with van der Waals surface area (Å²) < 4.78 is 12.1. The molecule has 1 aliphatic heterocycles. The summed E-state index contributed by atoms with van der Waals surface area (Å²) >= 11 is 0. The van der Waals surface area contributed by atoms with Crippen molar-refractivity contribution in [3.63, 3.8) is 0 Å². The van der Waals surface area contributed by atoms with Crippen molar-refractivity contribution in [1.29, 1.82) is 0 Å². The van der Waals surface area contributed by atoms with Crippen LogP contribution in [0, 0.1) is 11.3 Å². The second-order valence-electron chi connectivity index (χ2n) is 7.25. The molecule has 6 unspecified atom stereocenters. The van der Waals surface area contributed by atoms with Gasteiger partial charge in [-0.3, -0.25) is 0 Å². The van der Waals surface area contributed by atoms with Crippen LogP contribution in [0.5, 0.6) is 0 Å². The average Bonchev–Trinajstić information content (AvgIpc) is 3.05. The van der Waals surface area contributed by atoms with Crippen LogP contribution in [-0.2, 0) is 9.47 Å². The van der Waals surface area contributed by atoms with E-state index in [1.54, 1.807) is 0 Å². The molecule has 1 heterocycles. The van der Waals surface area contributed by atoms with Crippen molar-refractivity contribution in [1.82, 2.24) is 0 Å². The highest BCUT2D eigenvalue weighted by molar-refractivity contribution is 5.12. The summed E-state index contributed by atoms with van der Waals surface area (Å²) in [5, 5.41) is 39.8. The zero-order valence-electron chi connectivity index (χ0n) is 11.5. The van der Waals surface area contributed by atoms with Crippen LogP contribution in [0.1, 0.15) is 32.6 Å². The van der Waals surface area contributed by atoms with E-state index >= 15 is 0 Å². The summed E-state index contributed by atoms with van der Waals surface area (Å²) in [6.07, 6.45) is -2.87. The Bertz CT molecular complexity index is 406. The van der Waals surface area contributed by atoms with Crippen molar-refractivity contribution in [2.45, 2.75) is 75.0 Å². The van der Waals surface area contributed by atoms with Gasteiger partial charge >= 0.3 is 0 Å². The molecule has 4 rings (SSSR count). The first-order valence-electron chi connectivity index (χ1n) is 7.45. The Kier molecular flexibility index (Phi) is 2.64. The van der Waals surface area contributed by atoms with E-state index in [0.717, 1.165) is 25.7 Å². The normalized spacial score (nSPS) is 65.0. The van der Waals surface area contributed by atoms with Crippen LogP contribution in [0.25, 0.3) is 0 Å². The topological polar surface area (TPSA) is 99.4 Å². The van der Waals surface area contributed by atoms with Gasteiger partial charge in [-0.1, -0.05) is 6.92 Å². The first-order chi connectivity index (χ1) is 9.37. The third-order valence-electron chi connectivity index (χ3n) is 6.02. The molecule has 6 heteroatoms. The summed E-state index contributed by atoms with van der Waals surface area (Å²) in [7, 11) is 0. The molecule has 0 aromatic heterocycles. The minimum absolute atomic E-state index is 0.107. The quantitative estimate of drug-likeness (QED) is 0.462. The van der Waals surface area contributed by atoms with E-state index in [9.17, 15) is 20.4 Å². The molecule has 4 fully saturated rings. The van der Waals surface area contributed by atoms with Gasteiger partial charge in [-0.25, -0.2) is 0 Å². The molecule has 0 radical (unpaired) electrons. The van der Waals surface area contributed by atoms with E-state index in [4.69, 9.17) is 9.47 Å². The minimum Gasteiger partial charge on any atom is -0.387 e. The van der Waals surface area contributed by atoms with Gasteiger partial charge in [-0.15, -0.1) is 0 Å². The van der Waals surface area contributed by atoms with Crippen molar-refractivity contribution in [2.24, 2.45) is 11.3 Å². The Balaban J connectivity index is 1.67. The van der Waals surface area contributed by atoms with E-state index in [2.05, 4.69) is 6.92 Å². The van der Waals surface area contributed by atoms with Crippen LogP contribution >= 0.6 is 0 Å². The predicted octanol–water partition coefficient (Wildman–Crippen LogP) is -0.866. The molecule has 4 aliphatic rings. The lowest BCUT2D eigenvalue weighted by molar-refractivity contribution is -0.246. The molecular formula is C14H22O6. The lowest BCUT2D eigenvalue weighted by atomic mass is 9.80. The van der Waals surface area contributed by atoms with Gasteiger partial charge in [-0.05, 0) is 25.2 Å². The highest BCUT2D eigenvalue weighted by Crippen LogP contribution is 2.64. The number of aliphatic hydroxyl groups is 4. The molecule has 2 bridgehead atoms. The van der Waals surface area contributed by atoms with E-state index < -0.39 is 42.4 Å². The average molecular weight is 286 g/mol. The Morgan fingerprint density at radius 3 is 1.80 bits per heavy atom. The van der Waals surface area contributed by atoms with Crippen molar-refractivity contribution in [2.75, 3.05) is 0 Å². The van der Waals surface area contributed by atoms with E-state index in [1.807, 2.05) is 0 Å². The number of ether oxygens (including phenoxy) is 2. The Hall–Kier alpha value is -0.240. The molecule has 0 amide bonds. The molecular weight excluding hydrogens is 264 g/mol. The van der Waals surface area contributed by atoms with Crippen LogP contribution in [0.4, 0.5) is 0 Å². The van der Waals surface area contributed by atoms with Crippen LogP contribution < -0.4 is 0 Å². The van der Waals surface area contributed by atoms with Gasteiger partial charge in [0.25, 0.3) is 0 Å². The molecule has 1 saturated heterocycles. The number of hydrogen-bond acceptors (Lipinski definition) is 6. The monoisotopic (exact) mass is 286 g/mol. The Labute approximate surface area is 117 Å². The maximum Gasteiger partial charge on any atom is 0.175 e. The largest absolute Gasteiger partial charge is 0.387 e. The molecule has 1 spiro atoms. The summed E-state index contributed by atoms with van der Waals surface area (Å²) in [4.78, 5) is 0. The van der Waals surface area contributed by atoms with Crippen LogP contribution in [0.3, 0.4) is 0 Å². The SMILES string of the molecule is C[C@]12CC[C@H](CC13OC1C(O)C(O)C(O)C(O)C1O3)C2. The molecule has 3 saturated carbocycles. The fraction of sp³-hybridized carbons (Fsp3) is 1.00. The fourth-order valence-corrected chi connectivity index (χ4v) is 4.81. The third-order valence-corrected chi connectivity index (χ3v) is 6.02. The van der Waals surface area contributed by atoms with Gasteiger partial charge in [0.05, 0.1) is 0 Å². The van der Waals surface area contributed by atoms with Gasteiger partial charge in [-0.2, -0.15) is 0 Å². The number of aliphatic hydroxyl groups excluding tert-OH is 4. The van der Waals surface area contributed by atoms with Crippen LogP contribution in [0.2, 0.25) is 0 Å². The molecule has 8 atom stereocenters. The second-order valence-corrected chi connectivity index (χ2v) is 7.25. The predicted molar refractivity (Wildman–Crippen MR) is 66.6 cm³/mol. The number of fused-ring (bicyclic) bond motifs is 4. The fourth-order valence-electron chi connectivity index (χ4n) is 4.81. The maximum atomic E-state index is 10.1. The highest BCUT2D eigenvalue weighted by atomic mass is 16.8. The first-order valence-corrected chi connectivity index (χ1v) is 7.45. The van der Waals surface area contributed by atoms with Crippen LogP contribution in [0.15, 0.2) is 0 Å². The van der Waals surface area contributed by atoms with Gasteiger partial charge in [0, 0.05) is 11.8 Å². The van der Waals surface area contributed by atoms with Gasteiger partial charge in [0.1, 0.15) is 36.6 Å². The smallest absolute Gasteiger partial charge is 0.175 e. The van der Waals surface area contributed by atoms with Crippen molar-refractivity contribution in [3.05, 3.63) is 0 Å². The molecule has 20 heavy (non-hydrogen) atoms. The minimum atomic E-state index is -1.41. The zero-order valence-corrected chi connectivity index (χ0v) is 11.5. The van der Waals surface area contributed by atoms with Crippen molar-refractivity contribution in [3.8, 4) is 0 Å². The number of rotatable bonds is 0. The Morgan fingerprint density at radius 2 is 1.40 bits per heavy atom. The third kappa shape index (κ3) is 1.44. The van der Waals surface area contributed by atoms with Gasteiger partial charge < -0.3 is 29.9 Å². The van der Waals surface area contributed by atoms with Gasteiger partial charge in [0.15, 0.2) is 5.79 Å². The standard InChI is InChI=1S/C14H22O6/c1-13-3-2-6(4-13)5-14(13)19-11-9(17)7(15)8(16)10(18)12(11)20-14/h6-12,15-18H,2-5H2,1H3/t6-,7?,8?,9?,10?,11?,12?,13+,14?/m0/s1. The zero-order chi connectivity index (χ0) is 14.3. The van der Waals surface area contributed by atoms with E-state index in [0.29, 0.717) is 5.92 Å². The number of hydrogen-bond donors (Lipinski definition) is 4. The van der Waals surface area contributed by atoms with Crippen LogP contribution in [-0.4, -0.2) is 62.8 Å².